The number of hydrogen-bond donors (Lipinski definition) is 1. The van der Waals surface area contributed by atoms with Crippen molar-refractivity contribution in [3.8, 4) is 0 Å². The minimum Gasteiger partial charge on any atom is -0.356 e. The molecule has 1 aliphatic carbocycles. The van der Waals surface area contributed by atoms with E-state index < -0.39 is 11.6 Å². The van der Waals surface area contributed by atoms with Gasteiger partial charge >= 0.3 is 0 Å². The number of nitrogens with one attached hydrogen (secondary N) is 1. The highest BCUT2D eigenvalue weighted by Crippen LogP contribution is 2.32. The molecule has 0 bridgehead atoms. The van der Waals surface area contributed by atoms with E-state index in [9.17, 15) is 13.6 Å². The number of carbonyl (C=O) groups excluding carboxylic acids is 1. The lowest BCUT2D eigenvalue weighted by atomic mass is 9.99. The number of amides is 1. The van der Waals surface area contributed by atoms with Gasteiger partial charge in [-0.15, -0.1) is 0 Å². The molecule has 1 heterocycles. The molecule has 1 saturated heterocycles. The zero-order valence-corrected chi connectivity index (χ0v) is 14.1. The highest BCUT2D eigenvalue weighted by atomic mass is 19.2. The van der Waals surface area contributed by atoms with Crippen molar-refractivity contribution in [1.82, 2.24) is 10.2 Å². The van der Waals surface area contributed by atoms with Gasteiger partial charge in [-0.1, -0.05) is 25.3 Å². The van der Waals surface area contributed by atoms with Crippen molar-refractivity contribution in [3.63, 3.8) is 0 Å². The lowest BCUT2D eigenvalue weighted by molar-refractivity contribution is -0.126. The molecular formula is C19H26F2N2O. The van der Waals surface area contributed by atoms with Crippen molar-refractivity contribution >= 4 is 5.91 Å². The zero-order valence-electron chi connectivity index (χ0n) is 14.1. The van der Waals surface area contributed by atoms with Crippen molar-refractivity contribution in [2.45, 2.75) is 57.5 Å². The molecule has 2 atom stereocenters. The Labute approximate surface area is 142 Å². The maximum absolute atomic E-state index is 13.5. The summed E-state index contributed by atoms with van der Waals surface area (Å²) in [6, 6.07) is 4.32. The zero-order chi connectivity index (χ0) is 16.9. The third-order valence-electron chi connectivity index (χ3n) is 5.33. The van der Waals surface area contributed by atoms with E-state index in [2.05, 4.69) is 10.2 Å². The number of halogens is 2. The number of nitrogens with zero attached hydrogens (tertiary/aromatic N) is 1. The lowest BCUT2D eigenvalue weighted by Gasteiger charge is -2.32. The second-order valence-electron chi connectivity index (χ2n) is 7.03. The summed E-state index contributed by atoms with van der Waals surface area (Å²) < 4.78 is 26.7. The van der Waals surface area contributed by atoms with E-state index in [-0.39, 0.29) is 17.9 Å². The summed E-state index contributed by atoms with van der Waals surface area (Å²) in [5.41, 5.74) is 0.773. The van der Waals surface area contributed by atoms with Gasteiger partial charge in [0.2, 0.25) is 5.91 Å². The van der Waals surface area contributed by atoms with Crippen molar-refractivity contribution in [2.75, 3.05) is 13.1 Å². The van der Waals surface area contributed by atoms with Crippen LogP contribution in [0.15, 0.2) is 18.2 Å². The van der Waals surface area contributed by atoms with E-state index in [0.29, 0.717) is 6.54 Å². The largest absolute Gasteiger partial charge is 0.356 e. The quantitative estimate of drug-likeness (QED) is 0.894. The van der Waals surface area contributed by atoms with Gasteiger partial charge in [0.05, 0.1) is 5.92 Å². The highest BCUT2D eigenvalue weighted by molar-refractivity contribution is 5.79. The predicted octanol–water partition coefficient (Wildman–Crippen LogP) is 3.63. The SMILES string of the molecule is O=C1NCCCCCCN(Cc2ccc(F)c(F)c2)C2CCCC12. The molecule has 0 aromatic heterocycles. The molecule has 2 unspecified atom stereocenters. The van der Waals surface area contributed by atoms with Crippen LogP contribution in [0.1, 0.15) is 50.5 Å². The van der Waals surface area contributed by atoms with Gasteiger partial charge in [-0.3, -0.25) is 9.69 Å². The van der Waals surface area contributed by atoms with Crippen LogP contribution in [0.2, 0.25) is 0 Å². The maximum Gasteiger partial charge on any atom is 0.224 e. The van der Waals surface area contributed by atoms with E-state index in [4.69, 9.17) is 0 Å². The average molecular weight is 336 g/mol. The number of benzene rings is 1. The smallest absolute Gasteiger partial charge is 0.224 e. The van der Waals surface area contributed by atoms with Gasteiger partial charge in [0, 0.05) is 19.1 Å². The summed E-state index contributed by atoms with van der Waals surface area (Å²) in [5.74, 6) is -1.43. The van der Waals surface area contributed by atoms with Gasteiger partial charge in [0.25, 0.3) is 0 Å². The Morgan fingerprint density at radius 1 is 1.04 bits per heavy atom. The van der Waals surface area contributed by atoms with Gasteiger partial charge in [0.15, 0.2) is 11.6 Å². The van der Waals surface area contributed by atoms with Crippen LogP contribution >= 0.6 is 0 Å². The molecule has 1 aliphatic heterocycles. The number of rotatable bonds is 2. The molecule has 24 heavy (non-hydrogen) atoms. The minimum atomic E-state index is -0.811. The van der Waals surface area contributed by atoms with E-state index in [1.54, 1.807) is 6.07 Å². The fourth-order valence-corrected chi connectivity index (χ4v) is 4.05. The van der Waals surface area contributed by atoms with E-state index in [1.165, 1.54) is 12.1 Å². The van der Waals surface area contributed by atoms with Crippen LogP contribution in [0.25, 0.3) is 0 Å². The summed E-state index contributed by atoms with van der Waals surface area (Å²) in [4.78, 5) is 14.8. The fraction of sp³-hybridized carbons (Fsp3) is 0.632. The molecule has 132 valence electrons. The molecule has 3 nitrogen and oxygen atoms in total. The molecular weight excluding hydrogens is 310 g/mol. The van der Waals surface area contributed by atoms with Crippen LogP contribution in [0.4, 0.5) is 8.78 Å². The highest BCUT2D eigenvalue weighted by Gasteiger charge is 2.36. The predicted molar refractivity (Wildman–Crippen MR) is 89.4 cm³/mol. The Morgan fingerprint density at radius 3 is 2.71 bits per heavy atom. The summed E-state index contributed by atoms with van der Waals surface area (Å²) in [6.07, 6.45) is 7.35. The van der Waals surface area contributed by atoms with Gasteiger partial charge in [-0.05, 0) is 49.9 Å². The molecule has 0 radical (unpaired) electrons. The third-order valence-corrected chi connectivity index (χ3v) is 5.33. The van der Waals surface area contributed by atoms with Crippen molar-refractivity contribution < 1.29 is 13.6 Å². The van der Waals surface area contributed by atoms with Gasteiger partial charge in [-0.2, -0.15) is 0 Å². The van der Waals surface area contributed by atoms with E-state index in [0.717, 1.165) is 63.6 Å². The molecule has 0 spiro atoms. The van der Waals surface area contributed by atoms with E-state index >= 15 is 0 Å². The monoisotopic (exact) mass is 336 g/mol. The summed E-state index contributed by atoms with van der Waals surface area (Å²) in [6.45, 7) is 2.25. The first-order chi connectivity index (χ1) is 11.6. The first kappa shape index (κ1) is 17.3. The molecule has 3 rings (SSSR count). The normalized spacial score (nSPS) is 26.5. The van der Waals surface area contributed by atoms with Crippen LogP contribution in [0, 0.1) is 17.6 Å². The van der Waals surface area contributed by atoms with Crippen molar-refractivity contribution in [3.05, 3.63) is 35.4 Å². The first-order valence-electron chi connectivity index (χ1n) is 9.11. The molecule has 2 aliphatic rings. The fourth-order valence-electron chi connectivity index (χ4n) is 4.05. The molecule has 5 heteroatoms. The maximum atomic E-state index is 13.5. The number of hydrogen-bond acceptors (Lipinski definition) is 2. The molecule has 1 amide bonds. The summed E-state index contributed by atoms with van der Waals surface area (Å²) in [5, 5.41) is 3.08. The van der Waals surface area contributed by atoms with Crippen LogP contribution in [0.3, 0.4) is 0 Å². The second-order valence-corrected chi connectivity index (χ2v) is 7.03. The Kier molecular flexibility index (Phi) is 5.82. The Bertz CT molecular complexity index is 578. The number of fused-ring (bicyclic) bond motifs is 1. The van der Waals surface area contributed by atoms with Crippen molar-refractivity contribution in [1.29, 1.82) is 0 Å². The Hall–Kier alpha value is -1.49. The third kappa shape index (κ3) is 4.12. The Balaban J connectivity index is 1.78. The van der Waals surface area contributed by atoms with Gasteiger partial charge < -0.3 is 5.32 Å². The average Bonchev–Trinajstić information content (AvgIpc) is 3.04. The van der Waals surface area contributed by atoms with Crippen LogP contribution in [-0.4, -0.2) is 29.9 Å². The summed E-state index contributed by atoms with van der Waals surface area (Å²) >= 11 is 0. The lowest BCUT2D eigenvalue weighted by Crippen LogP contribution is -2.44. The standard InChI is InChI=1S/C19H26F2N2O/c20-16-9-8-14(12-17(16)21)13-23-11-4-2-1-3-10-22-19(24)15-6-5-7-18(15)23/h8-9,12,15,18H,1-7,10-11,13H2,(H,22,24). The second kappa shape index (κ2) is 8.06. The van der Waals surface area contributed by atoms with E-state index in [1.807, 2.05) is 0 Å². The van der Waals surface area contributed by atoms with Crippen LogP contribution < -0.4 is 5.32 Å². The molecule has 1 N–H and O–H groups in total. The topological polar surface area (TPSA) is 32.3 Å². The molecule has 2 fully saturated rings. The van der Waals surface area contributed by atoms with Crippen LogP contribution in [-0.2, 0) is 11.3 Å². The van der Waals surface area contributed by atoms with Gasteiger partial charge in [-0.25, -0.2) is 8.78 Å². The number of carbonyl (C=O) groups is 1. The summed E-state index contributed by atoms with van der Waals surface area (Å²) in [7, 11) is 0. The minimum absolute atomic E-state index is 0.0217. The van der Waals surface area contributed by atoms with Crippen molar-refractivity contribution in [2.24, 2.45) is 5.92 Å². The first-order valence-corrected chi connectivity index (χ1v) is 9.11. The van der Waals surface area contributed by atoms with Gasteiger partial charge in [0.1, 0.15) is 0 Å². The molecule has 1 saturated carbocycles. The van der Waals surface area contributed by atoms with Crippen LogP contribution in [0.5, 0.6) is 0 Å². The molecule has 1 aromatic carbocycles. The molecule has 1 aromatic rings. The Morgan fingerprint density at radius 2 is 1.88 bits per heavy atom.